The normalized spacial score (nSPS) is 26.2. The van der Waals surface area contributed by atoms with Crippen molar-refractivity contribution in [3.63, 3.8) is 0 Å². The van der Waals surface area contributed by atoms with Gasteiger partial charge in [0.25, 0.3) is 5.91 Å². The quantitative estimate of drug-likeness (QED) is 0.846. The Morgan fingerprint density at radius 3 is 2.95 bits per heavy atom. The summed E-state index contributed by atoms with van der Waals surface area (Å²) in [7, 11) is 0. The lowest BCUT2D eigenvalue weighted by molar-refractivity contribution is 0.0951. The summed E-state index contributed by atoms with van der Waals surface area (Å²) in [4.78, 5) is 14.5. The van der Waals surface area contributed by atoms with E-state index in [1.807, 2.05) is 0 Å². The minimum Gasteiger partial charge on any atom is -0.351 e. The average Bonchev–Trinajstić information content (AvgIpc) is 3.01. The predicted molar refractivity (Wildman–Crippen MR) is 80.3 cm³/mol. The summed E-state index contributed by atoms with van der Waals surface area (Å²) in [6.45, 7) is 0.782. The number of fused-ring (bicyclic) bond motifs is 1. The van der Waals surface area contributed by atoms with Crippen LogP contribution in [-0.4, -0.2) is 17.8 Å². The molecule has 4 heteroatoms. The summed E-state index contributed by atoms with van der Waals surface area (Å²) < 4.78 is 0. The van der Waals surface area contributed by atoms with Gasteiger partial charge in [0, 0.05) is 16.8 Å². The van der Waals surface area contributed by atoms with Crippen molar-refractivity contribution < 1.29 is 4.79 Å². The maximum atomic E-state index is 12.2. The summed E-state index contributed by atoms with van der Waals surface area (Å²) in [5.41, 5.74) is 1.41. The van der Waals surface area contributed by atoms with Crippen molar-refractivity contribution in [2.75, 3.05) is 6.54 Å². The van der Waals surface area contributed by atoms with Crippen LogP contribution in [0, 0.1) is 5.92 Å². The number of halogens is 1. The molecular weight excluding hydrogens is 278 g/mol. The van der Waals surface area contributed by atoms with Gasteiger partial charge in [-0.1, -0.05) is 0 Å². The van der Waals surface area contributed by atoms with Crippen molar-refractivity contribution in [1.82, 2.24) is 5.32 Å². The van der Waals surface area contributed by atoms with Crippen molar-refractivity contribution in [2.24, 2.45) is 5.92 Å². The van der Waals surface area contributed by atoms with E-state index in [9.17, 15) is 4.79 Å². The number of carbonyl (C=O) groups excluding carboxylic acids is 1. The SMILES string of the molecule is O=C(NCC1CCC(Cl)C1)c1cc2c(s1)CCCC2. The minimum absolute atomic E-state index is 0.109. The molecule has 1 heterocycles. The van der Waals surface area contributed by atoms with Crippen LogP contribution in [0.5, 0.6) is 0 Å². The fourth-order valence-corrected chi connectivity index (χ4v) is 4.67. The number of aryl methyl sites for hydroxylation is 2. The van der Waals surface area contributed by atoms with Gasteiger partial charge in [0.05, 0.1) is 4.88 Å². The van der Waals surface area contributed by atoms with Crippen molar-refractivity contribution in [1.29, 1.82) is 0 Å². The molecule has 1 saturated carbocycles. The zero-order chi connectivity index (χ0) is 13.2. The smallest absolute Gasteiger partial charge is 0.261 e. The Balaban J connectivity index is 1.56. The van der Waals surface area contributed by atoms with Crippen LogP contribution >= 0.6 is 22.9 Å². The van der Waals surface area contributed by atoms with E-state index in [4.69, 9.17) is 11.6 Å². The van der Waals surface area contributed by atoms with E-state index in [1.54, 1.807) is 11.3 Å². The van der Waals surface area contributed by atoms with E-state index in [2.05, 4.69) is 11.4 Å². The third-order valence-corrected chi connectivity index (χ3v) is 5.88. The first-order valence-electron chi connectivity index (χ1n) is 7.26. The molecule has 2 atom stereocenters. The third kappa shape index (κ3) is 3.14. The topological polar surface area (TPSA) is 29.1 Å². The highest BCUT2D eigenvalue weighted by Gasteiger charge is 2.24. The van der Waals surface area contributed by atoms with Gasteiger partial charge in [-0.3, -0.25) is 4.79 Å². The van der Waals surface area contributed by atoms with Crippen LogP contribution in [0.4, 0.5) is 0 Å². The lowest BCUT2D eigenvalue weighted by Crippen LogP contribution is -2.27. The largest absolute Gasteiger partial charge is 0.351 e. The summed E-state index contributed by atoms with van der Waals surface area (Å²) in [6, 6.07) is 2.10. The number of alkyl halides is 1. The second-order valence-electron chi connectivity index (χ2n) is 5.75. The Bertz CT molecular complexity index is 447. The molecule has 1 amide bonds. The first-order chi connectivity index (χ1) is 9.22. The van der Waals surface area contributed by atoms with Gasteiger partial charge in [0.2, 0.25) is 0 Å². The van der Waals surface area contributed by atoms with Gasteiger partial charge in [0.15, 0.2) is 0 Å². The lowest BCUT2D eigenvalue weighted by atomic mass is 9.99. The van der Waals surface area contributed by atoms with E-state index in [-0.39, 0.29) is 5.91 Å². The molecule has 2 nitrogen and oxygen atoms in total. The summed E-state index contributed by atoms with van der Waals surface area (Å²) in [5, 5.41) is 3.40. The van der Waals surface area contributed by atoms with E-state index < -0.39 is 0 Å². The Labute approximate surface area is 123 Å². The van der Waals surface area contributed by atoms with Gasteiger partial charge < -0.3 is 5.32 Å². The monoisotopic (exact) mass is 297 g/mol. The summed E-state index contributed by atoms with van der Waals surface area (Å²) in [6.07, 6.45) is 8.13. The van der Waals surface area contributed by atoms with Crippen molar-refractivity contribution in [3.8, 4) is 0 Å². The second kappa shape index (κ2) is 5.84. The number of carbonyl (C=O) groups is 1. The van der Waals surface area contributed by atoms with Crippen molar-refractivity contribution >= 4 is 28.8 Å². The first-order valence-corrected chi connectivity index (χ1v) is 8.51. The van der Waals surface area contributed by atoms with Crippen LogP contribution in [0.3, 0.4) is 0 Å². The van der Waals surface area contributed by atoms with Gasteiger partial charge in [-0.25, -0.2) is 0 Å². The van der Waals surface area contributed by atoms with Crippen LogP contribution in [0.2, 0.25) is 0 Å². The highest BCUT2D eigenvalue weighted by atomic mass is 35.5. The van der Waals surface area contributed by atoms with Crippen LogP contribution in [-0.2, 0) is 12.8 Å². The van der Waals surface area contributed by atoms with Crippen LogP contribution < -0.4 is 5.32 Å². The highest BCUT2D eigenvalue weighted by molar-refractivity contribution is 7.14. The molecule has 0 aliphatic heterocycles. The molecule has 0 saturated heterocycles. The number of hydrogen-bond donors (Lipinski definition) is 1. The second-order valence-corrected chi connectivity index (χ2v) is 7.51. The molecule has 0 spiro atoms. The molecule has 1 fully saturated rings. The minimum atomic E-state index is 0.109. The number of rotatable bonds is 3. The Morgan fingerprint density at radius 1 is 1.37 bits per heavy atom. The van der Waals surface area contributed by atoms with Gasteiger partial charge in [-0.2, -0.15) is 0 Å². The van der Waals surface area contributed by atoms with Gasteiger partial charge in [0.1, 0.15) is 0 Å². The molecular formula is C15H20ClNOS. The summed E-state index contributed by atoms with van der Waals surface area (Å²) >= 11 is 7.79. The Kier molecular flexibility index (Phi) is 4.13. The van der Waals surface area contributed by atoms with Crippen molar-refractivity contribution in [2.45, 2.75) is 50.3 Å². The molecule has 2 unspecified atom stereocenters. The molecule has 2 aliphatic rings. The first kappa shape index (κ1) is 13.4. The fourth-order valence-electron chi connectivity index (χ4n) is 3.13. The van der Waals surface area contributed by atoms with E-state index >= 15 is 0 Å². The van der Waals surface area contributed by atoms with E-state index in [1.165, 1.54) is 23.3 Å². The number of hydrogen-bond acceptors (Lipinski definition) is 2. The molecule has 3 rings (SSSR count). The lowest BCUT2D eigenvalue weighted by Gasteiger charge is -2.09. The van der Waals surface area contributed by atoms with Crippen LogP contribution in [0.25, 0.3) is 0 Å². The Hall–Kier alpha value is -0.540. The van der Waals surface area contributed by atoms with Crippen LogP contribution in [0.1, 0.15) is 52.2 Å². The average molecular weight is 298 g/mol. The van der Waals surface area contributed by atoms with Crippen molar-refractivity contribution in [3.05, 3.63) is 21.4 Å². The molecule has 104 valence electrons. The Morgan fingerprint density at radius 2 is 2.21 bits per heavy atom. The van der Waals surface area contributed by atoms with Gasteiger partial charge >= 0.3 is 0 Å². The number of amides is 1. The molecule has 0 bridgehead atoms. The van der Waals surface area contributed by atoms with Crippen LogP contribution in [0.15, 0.2) is 6.07 Å². The summed E-state index contributed by atoms with van der Waals surface area (Å²) in [5.74, 6) is 0.679. The number of thiophene rings is 1. The molecule has 1 N–H and O–H groups in total. The van der Waals surface area contributed by atoms with Gasteiger partial charge in [-0.05, 0) is 62.5 Å². The maximum Gasteiger partial charge on any atom is 0.261 e. The zero-order valence-corrected chi connectivity index (χ0v) is 12.7. The molecule has 0 radical (unpaired) electrons. The fraction of sp³-hybridized carbons (Fsp3) is 0.667. The molecule has 1 aromatic rings. The zero-order valence-electron chi connectivity index (χ0n) is 11.1. The third-order valence-electron chi connectivity index (χ3n) is 4.25. The number of nitrogens with one attached hydrogen (secondary N) is 1. The van der Waals surface area contributed by atoms with E-state index in [0.717, 1.165) is 43.5 Å². The maximum absolute atomic E-state index is 12.2. The molecule has 1 aromatic heterocycles. The highest BCUT2D eigenvalue weighted by Crippen LogP contribution is 2.30. The molecule has 2 aliphatic carbocycles. The van der Waals surface area contributed by atoms with Gasteiger partial charge in [-0.15, -0.1) is 22.9 Å². The standard InChI is InChI=1S/C15H20ClNOS/c16-12-6-5-10(7-12)9-17-15(18)14-8-11-3-1-2-4-13(11)19-14/h8,10,12H,1-7,9H2,(H,17,18). The molecule has 19 heavy (non-hydrogen) atoms. The predicted octanol–water partition coefficient (Wildman–Crippen LogP) is 3.76. The molecule has 0 aromatic carbocycles. The van der Waals surface area contributed by atoms with E-state index in [0.29, 0.717) is 11.3 Å².